The highest BCUT2D eigenvalue weighted by molar-refractivity contribution is 5.96. The van der Waals surface area contributed by atoms with Crippen LogP contribution in [-0.2, 0) is 24.0 Å². The van der Waals surface area contributed by atoms with E-state index in [1.807, 2.05) is 0 Å². The number of likely N-dealkylation sites (tertiary alicyclic amines) is 1. The Hall–Kier alpha value is -2.65. The second-order valence-corrected chi connectivity index (χ2v) is 5.91. The molecule has 2 fully saturated rings. The van der Waals surface area contributed by atoms with Gasteiger partial charge in [0.25, 0.3) is 0 Å². The second kappa shape index (κ2) is 7.28. The molecule has 2 rings (SSSR count). The summed E-state index contributed by atoms with van der Waals surface area (Å²) in [6, 6.07) is -2.89. The zero-order valence-electron chi connectivity index (χ0n) is 13.0. The van der Waals surface area contributed by atoms with Gasteiger partial charge in [0.1, 0.15) is 18.1 Å². The normalized spacial score (nSPS) is 24.3. The van der Waals surface area contributed by atoms with Crippen molar-refractivity contribution in [2.24, 2.45) is 5.73 Å². The molecule has 0 aliphatic carbocycles. The van der Waals surface area contributed by atoms with Crippen LogP contribution in [0, 0.1) is 0 Å². The van der Waals surface area contributed by atoms with Gasteiger partial charge in [-0.1, -0.05) is 0 Å². The van der Waals surface area contributed by atoms with E-state index in [1.165, 1.54) is 4.90 Å². The molecular formula is C14H20N4O6. The predicted molar refractivity (Wildman–Crippen MR) is 79.3 cm³/mol. The molecule has 3 atom stereocenters. The van der Waals surface area contributed by atoms with E-state index in [-0.39, 0.29) is 25.3 Å². The zero-order valence-corrected chi connectivity index (χ0v) is 13.0. The van der Waals surface area contributed by atoms with Crippen molar-refractivity contribution < 1.29 is 29.1 Å². The number of hydrogen-bond donors (Lipinski definition) is 4. The van der Waals surface area contributed by atoms with Crippen LogP contribution in [0.15, 0.2) is 0 Å². The highest BCUT2D eigenvalue weighted by Crippen LogP contribution is 2.19. The molecule has 0 spiro atoms. The van der Waals surface area contributed by atoms with Crippen molar-refractivity contribution in [2.75, 3.05) is 6.54 Å². The lowest BCUT2D eigenvalue weighted by molar-refractivity contribution is -0.145. The number of nitrogens with two attached hydrogens (primary N) is 1. The number of carboxylic acid groups (broad SMARTS) is 1. The molecule has 2 heterocycles. The Morgan fingerprint density at radius 2 is 2.04 bits per heavy atom. The summed E-state index contributed by atoms with van der Waals surface area (Å²) in [5.41, 5.74) is 5.26. The van der Waals surface area contributed by atoms with Crippen LogP contribution in [-0.4, -0.2) is 64.3 Å². The van der Waals surface area contributed by atoms with Crippen LogP contribution in [0.3, 0.4) is 0 Å². The van der Waals surface area contributed by atoms with Gasteiger partial charge in [-0.25, -0.2) is 0 Å². The van der Waals surface area contributed by atoms with Crippen molar-refractivity contribution in [3.05, 3.63) is 0 Å². The molecule has 132 valence electrons. The summed E-state index contributed by atoms with van der Waals surface area (Å²) in [5, 5.41) is 13.8. The number of nitrogens with zero attached hydrogens (tertiary/aromatic N) is 1. The summed E-state index contributed by atoms with van der Waals surface area (Å²) < 4.78 is 0. The molecular weight excluding hydrogens is 320 g/mol. The molecule has 0 aromatic carbocycles. The fraction of sp³-hybridized carbons (Fsp3) is 0.643. The molecule has 2 aliphatic heterocycles. The number of aliphatic carboxylic acids is 1. The molecule has 2 aliphatic rings. The standard InChI is InChI=1S/C14H20N4O6/c15-12(22)9-2-1-5-18(9)14(24)8(6-11(20)21)17-13(23)7-3-4-10(19)16-7/h7-9H,1-6H2,(H2,15,22)(H,16,19)(H,17,23)(H,20,21). The van der Waals surface area contributed by atoms with E-state index in [1.54, 1.807) is 0 Å². The third-order valence-electron chi connectivity index (χ3n) is 4.17. The first-order valence-electron chi connectivity index (χ1n) is 7.71. The van der Waals surface area contributed by atoms with Crippen LogP contribution in [0.5, 0.6) is 0 Å². The van der Waals surface area contributed by atoms with Crippen LogP contribution >= 0.6 is 0 Å². The Labute approximate surface area is 137 Å². The van der Waals surface area contributed by atoms with Crippen molar-refractivity contribution >= 4 is 29.6 Å². The van der Waals surface area contributed by atoms with Gasteiger partial charge in [-0.3, -0.25) is 24.0 Å². The summed E-state index contributed by atoms with van der Waals surface area (Å²) in [4.78, 5) is 59.5. The number of nitrogens with one attached hydrogen (secondary N) is 2. The second-order valence-electron chi connectivity index (χ2n) is 5.91. The molecule has 10 heteroatoms. The van der Waals surface area contributed by atoms with Crippen LogP contribution in [0.25, 0.3) is 0 Å². The Kier molecular flexibility index (Phi) is 5.37. The SMILES string of the molecule is NC(=O)C1CCCN1C(=O)C(CC(=O)O)NC(=O)C1CCC(=O)N1. The van der Waals surface area contributed by atoms with E-state index in [0.29, 0.717) is 12.8 Å². The van der Waals surface area contributed by atoms with E-state index >= 15 is 0 Å². The minimum absolute atomic E-state index is 0.200. The lowest BCUT2D eigenvalue weighted by Gasteiger charge is -2.27. The number of carbonyl (C=O) groups is 5. The number of rotatable bonds is 6. The first-order valence-corrected chi connectivity index (χ1v) is 7.71. The first-order chi connectivity index (χ1) is 11.3. The predicted octanol–water partition coefficient (Wildman–Crippen LogP) is -2.30. The molecule has 10 nitrogen and oxygen atoms in total. The molecule has 4 amide bonds. The van der Waals surface area contributed by atoms with E-state index in [4.69, 9.17) is 10.8 Å². The zero-order chi connectivity index (χ0) is 17.9. The third kappa shape index (κ3) is 4.00. The van der Waals surface area contributed by atoms with Crippen LogP contribution < -0.4 is 16.4 Å². The molecule has 5 N–H and O–H groups in total. The van der Waals surface area contributed by atoms with E-state index < -0.39 is 48.2 Å². The number of hydrogen-bond acceptors (Lipinski definition) is 5. The van der Waals surface area contributed by atoms with Crippen molar-refractivity contribution in [3.8, 4) is 0 Å². The Morgan fingerprint density at radius 3 is 2.58 bits per heavy atom. The van der Waals surface area contributed by atoms with Crippen molar-refractivity contribution in [3.63, 3.8) is 0 Å². The minimum Gasteiger partial charge on any atom is -0.481 e. The van der Waals surface area contributed by atoms with Gasteiger partial charge < -0.3 is 26.4 Å². The lowest BCUT2D eigenvalue weighted by Crippen LogP contribution is -2.55. The molecule has 2 saturated heterocycles. The van der Waals surface area contributed by atoms with Gasteiger partial charge in [-0.05, 0) is 19.3 Å². The average molecular weight is 340 g/mol. The van der Waals surface area contributed by atoms with Gasteiger partial charge in [0, 0.05) is 13.0 Å². The average Bonchev–Trinajstić information content (AvgIpc) is 3.13. The molecule has 0 bridgehead atoms. The van der Waals surface area contributed by atoms with Crippen LogP contribution in [0.2, 0.25) is 0 Å². The van der Waals surface area contributed by atoms with Gasteiger partial charge >= 0.3 is 5.97 Å². The molecule has 0 aromatic rings. The summed E-state index contributed by atoms with van der Waals surface area (Å²) >= 11 is 0. The Morgan fingerprint density at radius 1 is 1.33 bits per heavy atom. The largest absolute Gasteiger partial charge is 0.481 e. The fourth-order valence-electron chi connectivity index (χ4n) is 2.98. The number of carboxylic acids is 1. The molecule has 0 radical (unpaired) electrons. The van der Waals surface area contributed by atoms with Crippen molar-refractivity contribution in [1.29, 1.82) is 0 Å². The lowest BCUT2D eigenvalue weighted by atomic mass is 10.1. The van der Waals surface area contributed by atoms with Gasteiger partial charge in [0.2, 0.25) is 23.6 Å². The minimum atomic E-state index is -1.31. The van der Waals surface area contributed by atoms with Crippen molar-refractivity contribution in [2.45, 2.75) is 50.2 Å². The number of carbonyl (C=O) groups excluding carboxylic acids is 4. The van der Waals surface area contributed by atoms with E-state index in [0.717, 1.165) is 0 Å². The first kappa shape index (κ1) is 17.7. The molecule has 0 saturated carbocycles. The van der Waals surface area contributed by atoms with Gasteiger partial charge in [0.15, 0.2) is 0 Å². The maximum absolute atomic E-state index is 12.6. The monoisotopic (exact) mass is 340 g/mol. The fourth-order valence-corrected chi connectivity index (χ4v) is 2.98. The molecule has 3 unspecified atom stereocenters. The summed E-state index contributed by atoms with van der Waals surface area (Å²) in [6.07, 6.45) is 0.851. The maximum Gasteiger partial charge on any atom is 0.305 e. The highest BCUT2D eigenvalue weighted by Gasteiger charge is 2.38. The van der Waals surface area contributed by atoms with Crippen LogP contribution in [0.1, 0.15) is 32.1 Å². The van der Waals surface area contributed by atoms with Crippen molar-refractivity contribution in [1.82, 2.24) is 15.5 Å². The molecule has 0 aromatic heterocycles. The van der Waals surface area contributed by atoms with E-state index in [2.05, 4.69) is 10.6 Å². The van der Waals surface area contributed by atoms with Gasteiger partial charge in [-0.15, -0.1) is 0 Å². The topological polar surface area (TPSA) is 159 Å². The highest BCUT2D eigenvalue weighted by atomic mass is 16.4. The number of primary amides is 1. The van der Waals surface area contributed by atoms with E-state index in [9.17, 15) is 24.0 Å². The molecule has 24 heavy (non-hydrogen) atoms. The summed E-state index contributed by atoms with van der Waals surface area (Å²) in [6.45, 7) is 0.276. The smallest absolute Gasteiger partial charge is 0.305 e. The van der Waals surface area contributed by atoms with Gasteiger partial charge in [-0.2, -0.15) is 0 Å². The van der Waals surface area contributed by atoms with Crippen LogP contribution in [0.4, 0.5) is 0 Å². The Bertz CT molecular complexity index is 578. The Balaban J connectivity index is 2.08. The number of amides is 4. The summed E-state index contributed by atoms with van der Waals surface area (Å²) in [7, 11) is 0. The quantitative estimate of drug-likeness (QED) is 0.425. The summed E-state index contributed by atoms with van der Waals surface area (Å²) in [5.74, 6) is -3.47. The van der Waals surface area contributed by atoms with Gasteiger partial charge in [0.05, 0.1) is 6.42 Å². The maximum atomic E-state index is 12.6. The third-order valence-corrected chi connectivity index (χ3v) is 4.17.